The van der Waals surface area contributed by atoms with Crippen molar-refractivity contribution in [2.45, 2.75) is 37.5 Å². The summed E-state index contributed by atoms with van der Waals surface area (Å²) in [6.07, 6.45) is 0.480. The quantitative estimate of drug-likeness (QED) is 0.401. The maximum absolute atomic E-state index is 14.3. The first-order chi connectivity index (χ1) is 20.3. The summed E-state index contributed by atoms with van der Waals surface area (Å²) >= 11 is 0. The number of ether oxygens (including phenoxy) is 1. The Morgan fingerprint density at radius 2 is 1.81 bits per heavy atom. The van der Waals surface area contributed by atoms with Gasteiger partial charge in [0.25, 0.3) is 0 Å². The summed E-state index contributed by atoms with van der Waals surface area (Å²) in [7, 11) is 0. The number of benzene rings is 1. The van der Waals surface area contributed by atoms with Crippen molar-refractivity contribution in [2.75, 3.05) is 62.7 Å². The molecular formula is C30H36F3N7O2. The lowest BCUT2D eigenvalue weighted by molar-refractivity contribution is -0.152. The lowest BCUT2D eigenvalue weighted by atomic mass is 9.97. The molecule has 0 saturated carbocycles. The van der Waals surface area contributed by atoms with Gasteiger partial charge in [-0.15, -0.1) is 0 Å². The van der Waals surface area contributed by atoms with Crippen LogP contribution in [0.2, 0.25) is 0 Å². The van der Waals surface area contributed by atoms with Crippen molar-refractivity contribution in [3.05, 3.63) is 49.3 Å². The van der Waals surface area contributed by atoms with E-state index in [0.29, 0.717) is 57.1 Å². The first-order valence-electron chi connectivity index (χ1n) is 14.6. The van der Waals surface area contributed by atoms with E-state index in [0.717, 1.165) is 48.4 Å². The third-order valence-electron chi connectivity index (χ3n) is 8.78. The molecule has 0 aliphatic carbocycles. The molecule has 42 heavy (non-hydrogen) atoms. The van der Waals surface area contributed by atoms with Crippen molar-refractivity contribution in [1.29, 1.82) is 0 Å². The van der Waals surface area contributed by atoms with Crippen LogP contribution in [0.3, 0.4) is 0 Å². The van der Waals surface area contributed by atoms with E-state index in [9.17, 15) is 18.0 Å². The molecule has 1 amide bonds. The fraction of sp³-hybridized carbons (Fsp3) is 0.500. The summed E-state index contributed by atoms with van der Waals surface area (Å²) in [5, 5.41) is 3.71. The monoisotopic (exact) mass is 583 g/mol. The van der Waals surface area contributed by atoms with Crippen molar-refractivity contribution in [3.63, 3.8) is 0 Å². The third-order valence-corrected chi connectivity index (χ3v) is 8.78. The Morgan fingerprint density at radius 3 is 2.50 bits per heavy atom. The molecular weight excluding hydrogens is 547 g/mol. The van der Waals surface area contributed by atoms with Crippen molar-refractivity contribution in [2.24, 2.45) is 5.92 Å². The minimum absolute atomic E-state index is 0.0870. The lowest BCUT2D eigenvalue weighted by Gasteiger charge is -2.37. The number of nitrogens with one attached hydrogen (secondary N) is 2. The van der Waals surface area contributed by atoms with E-state index in [1.165, 1.54) is 12.4 Å². The zero-order chi connectivity index (χ0) is 29.3. The molecule has 6 rings (SSSR count). The number of likely N-dealkylation sites (tertiary alicyclic amines) is 2. The number of carbonyl (C=O) groups is 1. The summed E-state index contributed by atoms with van der Waals surface area (Å²) in [5.41, 5.74) is 2.82. The van der Waals surface area contributed by atoms with E-state index >= 15 is 0 Å². The summed E-state index contributed by atoms with van der Waals surface area (Å²) in [5.74, 6) is 0.206. The van der Waals surface area contributed by atoms with Crippen LogP contribution in [0.5, 0.6) is 0 Å². The highest BCUT2D eigenvalue weighted by Gasteiger charge is 2.47. The fourth-order valence-corrected chi connectivity index (χ4v) is 6.50. The van der Waals surface area contributed by atoms with E-state index in [4.69, 9.17) is 4.74 Å². The van der Waals surface area contributed by atoms with Crippen LogP contribution in [0, 0.1) is 5.92 Å². The Hall–Kier alpha value is -3.64. The van der Waals surface area contributed by atoms with E-state index in [1.54, 1.807) is 17.0 Å². The maximum Gasteiger partial charge on any atom is 0.408 e. The zero-order valence-corrected chi connectivity index (χ0v) is 23.4. The van der Waals surface area contributed by atoms with Crippen LogP contribution in [0.25, 0.3) is 22.3 Å². The molecule has 5 heterocycles. The summed E-state index contributed by atoms with van der Waals surface area (Å²) in [6, 6.07) is 7.59. The Morgan fingerprint density at radius 1 is 1.07 bits per heavy atom. The molecule has 2 atom stereocenters. The second-order valence-electron chi connectivity index (χ2n) is 11.3. The van der Waals surface area contributed by atoms with Crippen molar-refractivity contribution in [3.8, 4) is 11.3 Å². The molecule has 3 aromatic rings. The fourth-order valence-electron chi connectivity index (χ4n) is 6.50. The number of aromatic amines is 1. The number of carbonyl (C=O) groups excluding carboxylic acids is 1. The Kier molecular flexibility index (Phi) is 8.09. The number of fused-ring (bicyclic) bond motifs is 1. The zero-order valence-electron chi connectivity index (χ0n) is 23.4. The first-order valence-corrected chi connectivity index (χ1v) is 14.6. The largest absolute Gasteiger partial charge is 0.408 e. The predicted molar refractivity (Wildman–Crippen MR) is 155 cm³/mol. The topological polar surface area (TPSA) is 89.6 Å². The van der Waals surface area contributed by atoms with E-state index in [1.807, 2.05) is 18.2 Å². The minimum Gasteiger partial charge on any atom is -0.378 e. The number of nitrogens with zero attached hydrogens (tertiary/aromatic N) is 5. The number of alkyl halides is 3. The minimum atomic E-state index is -4.38. The van der Waals surface area contributed by atoms with Gasteiger partial charge in [-0.25, -0.2) is 9.97 Å². The second kappa shape index (κ2) is 11.9. The lowest BCUT2D eigenvalue weighted by Crippen LogP contribution is -2.47. The van der Waals surface area contributed by atoms with Crippen LogP contribution in [-0.2, 0) is 9.53 Å². The van der Waals surface area contributed by atoms with Gasteiger partial charge in [0.2, 0.25) is 5.91 Å². The Balaban J connectivity index is 1.12. The predicted octanol–water partition coefficient (Wildman–Crippen LogP) is 4.30. The number of hydrogen-bond acceptors (Lipinski definition) is 7. The SMILES string of the molecule is C=CC(=O)N1CCC(N2CC[C@@H]([C@H](Nc3ccc(-c4cc5c(N6CCOCC6)ncnc5[nH]4)cc3)C(F)(F)F)C2)CC1. The van der Waals surface area contributed by atoms with Crippen LogP contribution >= 0.6 is 0 Å². The summed E-state index contributed by atoms with van der Waals surface area (Å²) in [4.78, 5) is 30.2. The number of H-pyrrole nitrogens is 1. The molecule has 9 nitrogen and oxygen atoms in total. The van der Waals surface area contributed by atoms with Crippen molar-refractivity contribution < 1.29 is 22.7 Å². The summed E-state index contributed by atoms with van der Waals surface area (Å²) in [6.45, 7) is 8.58. The van der Waals surface area contributed by atoms with Gasteiger partial charge in [-0.3, -0.25) is 9.69 Å². The van der Waals surface area contributed by atoms with Crippen LogP contribution in [0.15, 0.2) is 49.3 Å². The molecule has 12 heteroatoms. The van der Waals surface area contributed by atoms with Crippen LogP contribution < -0.4 is 10.2 Å². The number of anilines is 2. The van der Waals surface area contributed by atoms with Gasteiger partial charge in [0.1, 0.15) is 23.8 Å². The maximum atomic E-state index is 14.3. The number of rotatable bonds is 7. The van der Waals surface area contributed by atoms with Crippen molar-refractivity contribution >= 4 is 28.4 Å². The number of hydrogen-bond donors (Lipinski definition) is 2. The molecule has 0 radical (unpaired) electrons. The van der Waals surface area contributed by atoms with Gasteiger partial charge in [0.05, 0.1) is 18.6 Å². The smallest absolute Gasteiger partial charge is 0.378 e. The molecule has 3 aliphatic heterocycles. The molecule has 224 valence electrons. The average Bonchev–Trinajstić information content (AvgIpc) is 3.68. The van der Waals surface area contributed by atoms with Gasteiger partial charge in [-0.1, -0.05) is 18.7 Å². The average molecular weight is 584 g/mol. The third kappa shape index (κ3) is 5.96. The van der Waals surface area contributed by atoms with Gasteiger partial charge < -0.3 is 24.8 Å². The Labute approximate surface area is 242 Å². The normalized spacial score (nSPS) is 21.5. The standard InChI is InChI=1S/C30H36F3N7O2/c1-2-26(41)38-11-8-23(9-12-38)40-10-7-21(18-40)27(30(31,32)33)36-22-5-3-20(4-6-22)25-17-24-28(37-25)34-19-35-29(24)39-13-15-42-16-14-39/h2-6,17,19,21,23,27,36H,1,7-16,18H2,(H,34,35,37)/t21-,27+/m1/s1. The van der Waals surface area contributed by atoms with Crippen molar-refractivity contribution in [1.82, 2.24) is 24.8 Å². The first kappa shape index (κ1) is 28.5. The molecule has 3 fully saturated rings. The number of aromatic nitrogens is 3. The highest BCUT2D eigenvalue weighted by Crippen LogP contribution is 2.36. The number of amides is 1. The number of piperidine rings is 1. The molecule has 1 aromatic carbocycles. The highest BCUT2D eigenvalue weighted by molar-refractivity contribution is 5.92. The number of morpholine rings is 1. The van der Waals surface area contributed by atoms with E-state index in [-0.39, 0.29) is 11.9 Å². The number of halogens is 3. The van der Waals surface area contributed by atoms with E-state index in [2.05, 4.69) is 36.6 Å². The van der Waals surface area contributed by atoms with Crippen LogP contribution in [-0.4, -0.2) is 101 Å². The van der Waals surface area contributed by atoms with Crippen LogP contribution in [0.1, 0.15) is 19.3 Å². The molecule has 2 aromatic heterocycles. The molecule has 0 spiro atoms. The second-order valence-corrected chi connectivity index (χ2v) is 11.3. The van der Waals surface area contributed by atoms with Gasteiger partial charge in [0.15, 0.2) is 0 Å². The molecule has 3 aliphatic rings. The molecule has 3 saturated heterocycles. The van der Waals surface area contributed by atoms with Gasteiger partial charge in [-0.2, -0.15) is 13.2 Å². The Bertz CT molecular complexity index is 1400. The van der Waals surface area contributed by atoms with Gasteiger partial charge in [0, 0.05) is 56.1 Å². The molecule has 0 bridgehead atoms. The van der Waals surface area contributed by atoms with Gasteiger partial charge >= 0.3 is 6.18 Å². The molecule has 0 unspecified atom stereocenters. The van der Waals surface area contributed by atoms with Crippen LogP contribution in [0.4, 0.5) is 24.7 Å². The van der Waals surface area contributed by atoms with E-state index < -0.39 is 18.1 Å². The summed E-state index contributed by atoms with van der Waals surface area (Å²) < 4.78 is 48.3. The highest BCUT2D eigenvalue weighted by atomic mass is 19.4. The molecule has 2 N–H and O–H groups in total. The van der Waals surface area contributed by atoms with Gasteiger partial charge in [-0.05, 0) is 55.6 Å².